The number of amides is 1. The number of nitrogens with zero attached hydrogens (tertiary/aromatic N) is 2. The van der Waals surface area contributed by atoms with E-state index in [1.54, 1.807) is 0 Å². The van der Waals surface area contributed by atoms with Crippen molar-refractivity contribution >= 4 is 11.7 Å². The van der Waals surface area contributed by atoms with E-state index in [0.717, 1.165) is 4.57 Å². The number of aliphatic hydroxyl groups excluding tert-OH is 3. The van der Waals surface area contributed by atoms with E-state index in [1.807, 2.05) is 0 Å². The van der Waals surface area contributed by atoms with Crippen LogP contribution in [0.3, 0.4) is 0 Å². The fourth-order valence-corrected chi connectivity index (χ4v) is 3.19. The van der Waals surface area contributed by atoms with Crippen LogP contribution in [0, 0.1) is 0 Å². The van der Waals surface area contributed by atoms with E-state index in [2.05, 4.69) is 10.3 Å². The number of carbonyl (C=O) groups is 1. The molecular formula is C19H23N3O9. The lowest BCUT2D eigenvalue weighted by atomic mass is 10.1. The molecule has 2 aromatic rings. The van der Waals surface area contributed by atoms with E-state index in [1.165, 1.54) is 45.7 Å². The first-order valence-electron chi connectivity index (χ1n) is 9.17. The largest absolute Gasteiger partial charge is 0.493 e. The highest BCUT2D eigenvalue weighted by Crippen LogP contribution is 2.38. The number of methoxy groups -OCH3 is 3. The quantitative estimate of drug-likeness (QED) is 0.428. The Hall–Kier alpha value is -3.19. The van der Waals surface area contributed by atoms with Gasteiger partial charge in [-0.1, -0.05) is 0 Å². The fourth-order valence-electron chi connectivity index (χ4n) is 3.19. The van der Waals surface area contributed by atoms with Crippen molar-refractivity contribution in [1.29, 1.82) is 0 Å². The van der Waals surface area contributed by atoms with Crippen LogP contribution in [-0.4, -0.2) is 77.0 Å². The molecule has 31 heavy (non-hydrogen) atoms. The van der Waals surface area contributed by atoms with E-state index < -0.39 is 42.7 Å². The second kappa shape index (κ2) is 9.31. The second-order valence-corrected chi connectivity index (χ2v) is 6.60. The number of carbonyl (C=O) groups excluding carboxylic acids is 1. The van der Waals surface area contributed by atoms with Gasteiger partial charge in [0.25, 0.3) is 5.91 Å². The van der Waals surface area contributed by atoms with Crippen LogP contribution in [0.15, 0.2) is 29.2 Å². The van der Waals surface area contributed by atoms with Gasteiger partial charge in [0.05, 0.1) is 27.9 Å². The smallest absolute Gasteiger partial charge is 0.351 e. The van der Waals surface area contributed by atoms with Crippen molar-refractivity contribution in [2.24, 2.45) is 0 Å². The summed E-state index contributed by atoms with van der Waals surface area (Å²) in [6.45, 7) is -0.528. The Morgan fingerprint density at radius 2 is 1.81 bits per heavy atom. The first-order chi connectivity index (χ1) is 14.8. The summed E-state index contributed by atoms with van der Waals surface area (Å²) >= 11 is 0. The molecule has 0 radical (unpaired) electrons. The van der Waals surface area contributed by atoms with Crippen molar-refractivity contribution in [1.82, 2.24) is 9.55 Å². The Balaban J connectivity index is 1.82. The van der Waals surface area contributed by atoms with Gasteiger partial charge in [0, 0.05) is 11.8 Å². The van der Waals surface area contributed by atoms with Crippen LogP contribution in [0.25, 0.3) is 0 Å². The standard InChI is InChI=1S/C19H23N3O9/c1-28-10-6-9(7-11(29-2)16(10)30-3)17(26)20-13-4-5-22(19(27)21-13)18-15(25)14(24)12(8-23)31-18/h4-7,12,14-15,18,23-25H,8H2,1-3H3,(H,20,21,26,27)/t12-,14+,15-,18+/m0/s1. The predicted molar refractivity (Wildman–Crippen MR) is 106 cm³/mol. The summed E-state index contributed by atoms with van der Waals surface area (Å²) in [7, 11) is 4.27. The molecule has 0 bridgehead atoms. The number of hydrogen-bond acceptors (Lipinski definition) is 10. The van der Waals surface area contributed by atoms with Gasteiger partial charge >= 0.3 is 5.69 Å². The molecule has 1 aromatic carbocycles. The van der Waals surface area contributed by atoms with Crippen LogP contribution >= 0.6 is 0 Å². The average Bonchev–Trinajstić information content (AvgIpc) is 3.06. The minimum atomic E-state index is -1.43. The average molecular weight is 437 g/mol. The lowest BCUT2D eigenvalue weighted by Crippen LogP contribution is -2.36. The maximum absolute atomic E-state index is 12.6. The molecule has 0 saturated carbocycles. The number of rotatable bonds is 7. The molecule has 12 nitrogen and oxygen atoms in total. The van der Waals surface area contributed by atoms with Crippen LogP contribution in [0.5, 0.6) is 17.2 Å². The zero-order valence-corrected chi connectivity index (χ0v) is 17.0. The van der Waals surface area contributed by atoms with Gasteiger partial charge in [-0.15, -0.1) is 0 Å². The molecule has 1 fully saturated rings. The molecular weight excluding hydrogens is 414 g/mol. The van der Waals surface area contributed by atoms with Gasteiger partial charge in [-0.05, 0) is 18.2 Å². The number of benzene rings is 1. The number of nitrogens with one attached hydrogen (secondary N) is 1. The molecule has 1 aliphatic heterocycles. The number of aromatic nitrogens is 2. The third-order valence-corrected chi connectivity index (χ3v) is 4.79. The zero-order valence-electron chi connectivity index (χ0n) is 17.0. The molecule has 1 aliphatic rings. The van der Waals surface area contributed by atoms with Gasteiger partial charge in [0.1, 0.15) is 24.1 Å². The fraction of sp³-hybridized carbons (Fsp3) is 0.421. The summed E-state index contributed by atoms with van der Waals surface area (Å²) in [6, 6.07) is 4.21. The van der Waals surface area contributed by atoms with Crippen LogP contribution in [0.1, 0.15) is 16.6 Å². The molecule has 0 unspecified atom stereocenters. The number of aliphatic hydroxyl groups is 3. The summed E-state index contributed by atoms with van der Waals surface area (Å²) < 4.78 is 21.9. The van der Waals surface area contributed by atoms with Crippen LogP contribution < -0.4 is 25.2 Å². The van der Waals surface area contributed by atoms with Gasteiger partial charge in [-0.3, -0.25) is 9.36 Å². The minimum Gasteiger partial charge on any atom is -0.493 e. The third-order valence-electron chi connectivity index (χ3n) is 4.79. The molecule has 3 rings (SSSR count). The maximum atomic E-state index is 12.6. The van der Waals surface area contributed by atoms with Crippen molar-refractivity contribution in [3.8, 4) is 17.2 Å². The van der Waals surface area contributed by atoms with Gasteiger partial charge in [0.2, 0.25) is 5.75 Å². The van der Waals surface area contributed by atoms with Crippen molar-refractivity contribution in [3.63, 3.8) is 0 Å². The topological polar surface area (TPSA) is 162 Å². The summed E-state index contributed by atoms with van der Waals surface area (Å²) in [5.74, 6) is 0.240. The SMILES string of the molecule is COc1cc(C(=O)Nc2ccn([C@@H]3O[C@@H](CO)[C@@H](O)[C@@H]3O)c(=O)n2)cc(OC)c1OC. The van der Waals surface area contributed by atoms with E-state index >= 15 is 0 Å². The number of anilines is 1. The molecule has 168 valence electrons. The molecule has 2 heterocycles. The van der Waals surface area contributed by atoms with Crippen molar-refractivity contribution in [2.75, 3.05) is 33.3 Å². The van der Waals surface area contributed by atoms with E-state index in [-0.39, 0.29) is 22.9 Å². The third kappa shape index (κ3) is 4.32. The first-order valence-corrected chi connectivity index (χ1v) is 9.17. The van der Waals surface area contributed by atoms with E-state index in [9.17, 15) is 24.9 Å². The van der Waals surface area contributed by atoms with Gasteiger partial charge in [-0.25, -0.2) is 4.79 Å². The predicted octanol–water partition coefficient (Wildman–Crippen LogP) is -0.867. The molecule has 0 spiro atoms. The number of ether oxygens (including phenoxy) is 4. The van der Waals surface area contributed by atoms with Crippen LogP contribution in [-0.2, 0) is 4.74 Å². The molecule has 4 atom stereocenters. The molecule has 0 aliphatic carbocycles. The molecule has 12 heteroatoms. The van der Waals surface area contributed by atoms with Crippen LogP contribution in [0.4, 0.5) is 5.82 Å². The lowest BCUT2D eigenvalue weighted by molar-refractivity contribution is -0.0549. The summed E-state index contributed by atoms with van der Waals surface area (Å²) in [4.78, 5) is 28.8. The van der Waals surface area contributed by atoms with Crippen molar-refractivity contribution in [2.45, 2.75) is 24.5 Å². The Morgan fingerprint density at radius 1 is 1.16 bits per heavy atom. The highest BCUT2D eigenvalue weighted by molar-refractivity contribution is 6.04. The Kier molecular flexibility index (Phi) is 6.75. The van der Waals surface area contributed by atoms with Gasteiger partial charge in [-0.2, -0.15) is 4.98 Å². The highest BCUT2D eigenvalue weighted by atomic mass is 16.6. The highest BCUT2D eigenvalue weighted by Gasteiger charge is 2.43. The number of hydrogen-bond donors (Lipinski definition) is 4. The van der Waals surface area contributed by atoms with Crippen molar-refractivity contribution in [3.05, 3.63) is 40.4 Å². The monoisotopic (exact) mass is 437 g/mol. The summed E-state index contributed by atoms with van der Waals surface area (Å²) in [5, 5.41) is 31.6. The maximum Gasteiger partial charge on any atom is 0.351 e. The van der Waals surface area contributed by atoms with E-state index in [0.29, 0.717) is 5.75 Å². The summed E-state index contributed by atoms with van der Waals surface area (Å²) in [6.07, 6.45) is -3.81. The minimum absolute atomic E-state index is 0.0493. The van der Waals surface area contributed by atoms with E-state index in [4.69, 9.17) is 18.9 Å². The Labute approximate surface area is 176 Å². The van der Waals surface area contributed by atoms with Crippen molar-refractivity contribution < 1.29 is 39.1 Å². The van der Waals surface area contributed by atoms with Gasteiger partial charge < -0.3 is 39.6 Å². The molecule has 1 saturated heterocycles. The normalized spacial score (nSPS) is 22.8. The first kappa shape index (κ1) is 22.5. The second-order valence-electron chi connectivity index (χ2n) is 6.60. The van der Waals surface area contributed by atoms with Crippen LogP contribution in [0.2, 0.25) is 0 Å². The molecule has 1 aromatic heterocycles. The Bertz CT molecular complexity index is 984. The zero-order chi connectivity index (χ0) is 22.7. The summed E-state index contributed by atoms with van der Waals surface area (Å²) in [5.41, 5.74) is -0.665. The molecule has 1 amide bonds. The lowest BCUT2D eigenvalue weighted by Gasteiger charge is -2.17. The Morgan fingerprint density at radius 3 is 2.29 bits per heavy atom. The molecule has 4 N–H and O–H groups in total. The van der Waals surface area contributed by atoms with Gasteiger partial charge in [0.15, 0.2) is 17.7 Å².